The lowest BCUT2D eigenvalue weighted by molar-refractivity contribution is 0.196. The van der Waals surface area contributed by atoms with Gasteiger partial charge in [0.25, 0.3) is 0 Å². The number of halogens is 2. The molecule has 1 atom stereocenters. The molecule has 23 heavy (non-hydrogen) atoms. The van der Waals surface area contributed by atoms with E-state index in [1.807, 2.05) is 4.90 Å². The first-order valence-electron chi connectivity index (χ1n) is 7.43. The highest BCUT2D eigenvalue weighted by atomic mass is 19.1. The summed E-state index contributed by atoms with van der Waals surface area (Å²) in [7, 11) is 0. The highest BCUT2D eigenvalue weighted by Gasteiger charge is 2.29. The Kier molecular flexibility index (Phi) is 4.66. The zero-order valence-corrected chi connectivity index (χ0v) is 12.5. The first-order valence-corrected chi connectivity index (χ1v) is 7.43. The van der Waals surface area contributed by atoms with E-state index in [-0.39, 0.29) is 24.7 Å². The first kappa shape index (κ1) is 15.6. The zero-order valence-electron chi connectivity index (χ0n) is 12.5. The van der Waals surface area contributed by atoms with Crippen LogP contribution in [0.1, 0.15) is 17.9 Å². The Bertz CT molecular complexity index is 664. The molecular weight excluding hydrogens is 304 g/mol. The van der Waals surface area contributed by atoms with Crippen LogP contribution in [0, 0.1) is 11.6 Å². The van der Waals surface area contributed by atoms with Gasteiger partial charge < -0.3 is 14.7 Å². The molecule has 0 aliphatic carbocycles. The predicted molar refractivity (Wildman–Crippen MR) is 80.5 cm³/mol. The fourth-order valence-electron chi connectivity index (χ4n) is 2.82. The Morgan fingerprint density at radius 2 is 2.04 bits per heavy atom. The smallest absolute Gasteiger partial charge is 0.234 e. The number of aromatic nitrogens is 2. The molecule has 2 heterocycles. The molecule has 1 aromatic carbocycles. The lowest BCUT2D eigenvalue weighted by Crippen LogP contribution is -2.21. The van der Waals surface area contributed by atoms with E-state index in [0.717, 1.165) is 0 Å². The van der Waals surface area contributed by atoms with Crippen molar-refractivity contribution in [2.75, 3.05) is 31.2 Å². The van der Waals surface area contributed by atoms with Gasteiger partial charge in [-0.3, -0.25) is 4.98 Å². The number of ether oxygens (including phenoxy) is 1. The Hall–Kier alpha value is -2.28. The molecule has 0 bridgehead atoms. The van der Waals surface area contributed by atoms with E-state index < -0.39 is 11.6 Å². The lowest BCUT2D eigenvalue weighted by Gasteiger charge is -2.18. The Labute approximate surface area is 132 Å². The van der Waals surface area contributed by atoms with Gasteiger partial charge in [0.15, 0.2) is 5.82 Å². The van der Waals surface area contributed by atoms with Crippen molar-refractivity contribution >= 4 is 5.82 Å². The van der Waals surface area contributed by atoms with E-state index in [1.54, 1.807) is 6.20 Å². The van der Waals surface area contributed by atoms with Gasteiger partial charge in [0.2, 0.25) is 5.88 Å². The third-order valence-electron chi connectivity index (χ3n) is 3.86. The normalized spacial score (nSPS) is 17.5. The molecule has 3 rings (SSSR count). The first-order chi connectivity index (χ1) is 11.2. The van der Waals surface area contributed by atoms with Gasteiger partial charge in [0, 0.05) is 24.6 Å². The topological polar surface area (TPSA) is 58.5 Å². The molecule has 2 aromatic rings. The van der Waals surface area contributed by atoms with E-state index >= 15 is 0 Å². The van der Waals surface area contributed by atoms with Gasteiger partial charge in [-0.2, -0.15) is 4.98 Å². The van der Waals surface area contributed by atoms with Crippen LogP contribution in [0.2, 0.25) is 0 Å². The van der Waals surface area contributed by atoms with Crippen LogP contribution < -0.4 is 9.64 Å². The molecule has 0 saturated carbocycles. The second-order valence-electron chi connectivity index (χ2n) is 5.35. The average Bonchev–Trinajstić information content (AvgIpc) is 3.03. The second kappa shape index (κ2) is 6.87. The molecule has 0 unspecified atom stereocenters. The molecule has 1 fully saturated rings. The third kappa shape index (κ3) is 3.39. The molecule has 5 nitrogen and oxygen atoms in total. The molecule has 122 valence electrons. The van der Waals surface area contributed by atoms with E-state index in [2.05, 4.69) is 9.97 Å². The summed E-state index contributed by atoms with van der Waals surface area (Å²) in [6.45, 7) is 1.14. The Balaban J connectivity index is 1.75. The highest BCUT2D eigenvalue weighted by Crippen LogP contribution is 2.33. The van der Waals surface area contributed by atoms with Crippen LogP contribution in [0.5, 0.6) is 5.88 Å². The number of hydrogen-bond donors (Lipinski definition) is 1. The maximum absolute atomic E-state index is 13.9. The van der Waals surface area contributed by atoms with Gasteiger partial charge >= 0.3 is 0 Å². The minimum absolute atomic E-state index is 0.107. The van der Waals surface area contributed by atoms with Crippen LogP contribution in [0.3, 0.4) is 0 Å². The van der Waals surface area contributed by atoms with Gasteiger partial charge in [-0.1, -0.05) is 6.07 Å². The summed E-state index contributed by atoms with van der Waals surface area (Å²) >= 11 is 0. The molecule has 1 aliphatic heterocycles. The number of aliphatic hydroxyl groups excluding tert-OH is 1. The largest absolute Gasteiger partial charge is 0.474 e. The maximum Gasteiger partial charge on any atom is 0.234 e. The summed E-state index contributed by atoms with van der Waals surface area (Å²) in [4.78, 5) is 10.3. The third-order valence-corrected chi connectivity index (χ3v) is 3.86. The number of aliphatic hydroxyl groups is 1. The van der Waals surface area contributed by atoms with Crippen molar-refractivity contribution in [2.24, 2.45) is 0 Å². The second-order valence-corrected chi connectivity index (χ2v) is 5.35. The van der Waals surface area contributed by atoms with Crippen LogP contribution in [-0.4, -0.2) is 41.4 Å². The average molecular weight is 321 g/mol. The number of rotatable bonds is 5. The van der Waals surface area contributed by atoms with Crippen LogP contribution in [0.15, 0.2) is 30.6 Å². The minimum Gasteiger partial charge on any atom is -0.474 e. The minimum atomic E-state index is -0.511. The van der Waals surface area contributed by atoms with Crippen molar-refractivity contribution in [3.63, 3.8) is 0 Å². The van der Waals surface area contributed by atoms with Gasteiger partial charge in [-0.25, -0.2) is 8.78 Å². The van der Waals surface area contributed by atoms with Crippen molar-refractivity contribution in [1.82, 2.24) is 9.97 Å². The van der Waals surface area contributed by atoms with Crippen LogP contribution in [0.25, 0.3) is 0 Å². The van der Waals surface area contributed by atoms with E-state index in [4.69, 9.17) is 9.84 Å². The van der Waals surface area contributed by atoms with Gasteiger partial charge in [0.05, 0.1) is 19.0 Å². The van der Waals surface area contributed by atoms with Crippen molar-refractivity contribution in [3.8, 4) is 5.88 Å². The van der Waals surface area contributed by atoms with E-state index in [1.165, 1.54) is 24.4 Å². The summed E-state index contributed by atoms with van der Waals surface area (Å²) in [5.41, 5.74) is 0.135. The lowest BCUT2D eigenvalue weighted by atomic mass is 9.97. The molecule has 7 heteroatoms. The molecule has 1 aliphatic rings. The molecule has 0 spiro atoms. The van der Waals surface area contributed by atoms with Crippen molar-refractivity contribution in [3.05, 3.63) is 47.8 Å². The zero-order chi connectivity index (χ0) is 16.2. The molecule has 0 amide bonds. The predicted octanol–water partition coefficient (Wildman–Crippen LogP) is 2.12. The molecule has 1 N–H and O–H groups in total. The molecule has 1 saturated heterocycles. The number of nitrogens with zero attached hydrogens (tertiary/aromatic N) is 3. The van der Waals surface area contributed by atoms with Crippen LogP contribution >= 0.6 is 0 Å². The highest BCUT2D eigenvalue weighted by molar-refractivity contribution is 5.41. The fraction of sp³-hybridized carbons (Fsp3) is 0.375. The summed E-state index contributed by atoms with van der Waals surface area (Å²) < 4.78 is 33.0. The molecule has 0 radical (unpaired) electrons. The SMILES string of the molecule is OCCOc1cncc(N2CC[C@H](c3c(F)cccc3F)C2)n1. The number of hydrogen-bond acceptors (Lipinski definition) is 5. The van der Waals surface area contributed by atoms with Gasteiger partial charge in [0.1, 0.15) is 18.2 Å². The number of anilines is 1. The summed E-state index contributed by atoms with van der Waals surface area (Å²) in [6.07, 6.45) is 3.69. The van der Waals surface area contributed by atoms with Crippen molar-refractivity contribution in [2.45, 2.75) is 12.3 Å². The Morgan fingerprint density at radius 1 is 1.26 bits per heavy atom. The summed E-state index contributed by atoms with van der Waals surface area (Å²) in [6, 6.07) is 3.93. The monoisotopic (exact) mass is 321 g/mol. The number of benzene rings is 1. The van der Waals surface area contributed by atoms with Crippen LogP contribution in [0.4, 0.5) is 14.6 Å². The Morgan fingerprint density at radius 3 is 2.78 bits per heavy atom. The standard InChI is InChI=1S/C16H17F2N3O2/c17-12-2-1-3-13(18)16(12)11-4-5-21(10-11)14-8-19-9-15(20-14)23-7-6-22/h1-3,8-9,11,22H,4-7,10H2/t11-/m0/s1. The van der Waals surface area contributed by atoms with E-state index in [9.17, 15) is 8.78 Å². The fourth-order valence-corrected chi connectivity index (χ4v) is 2.82. The summed E-state index contributed by atoms with van der Waals surface area (Å²) in [5, 5.41) is 8.77. The van der Waals surface area contributed by atoms with Crippen LogP contribution in [-0.2, 0) is 0 Å². The quantitative estimate of drug-likeness (QED) is 0.914. The summed E-state index contributed by atoms with van der Waals surface area (Å²) in [5.74, 6) is -0.331. The molecule has 1 aromatic heterocycles. The van der Waals surface area contributed by atoms with E-state index in [0.29, 0.717) is 31.2 Å². The van der Waals surface area contributed by atoms with Crippen molar-refractivity contribution in [1.29, 1.82) is 0 Å². The van der Waals surface area contributed by atoms with Gasteiger partial charge in [-0.05, 0) is 18.6 Å². The maximum atomic E-state index is 13.9. The molecular formula is C16H17F2N3O2. The van der Waals surface area contributed by atoms with Crippen molar-refractivity contribution < 1.29 is 18.6 Å². The van der Waals surface area contributed by atoms with Gasteiger partial charge in [-0.15, -0.1) is 0 Å².